The second-order valence-corrected chi connectivity index (χ2v) is 4.46. The third-order valence-corrected chi connectivity index (χ3v) is 2.98. The van der Waals surface area contributed by atoms with E-state index in [0.717, 1.165) is 19.4 Å². The van der Waals surface area contributed by atoms with E-state index in [1.165, 1.54) is 0 Å². The van der Waals surface area contributed by atoms with Gasteiger partial charge in [-0.05, 0) is 26.3 Å². The molecule has 3 N–H and O–H groups in total. The number of carbonyl (C=O) groups excluding carboxylic acids is 1. The van der Waals surface area contributed by atoms with Crippen molar-refractivity contribution in [1.82, 2.24) is 10.6 Å². The van der Waals surface area contributed by atoms with Crippen molar-refractivity contribution in [3.8, 4) is 0 Å². The number of piperidine rings is 1. The van der Waals surface area contributed by atoms with Crippen LogP contribution in [0.3, 0.4) is 0 Å². The summed E-state index contributed by atoms with van der Waals surface area (Å²) in [5.41, 5.74) is 0. The molecular weight excluding hydrogens is 236 g/mol. The van der Waals surface area contributed by atoms with Crippen LogP contribution in [-0.2, 0) is 14.3 Å². The molecule has 0 spiro atoms. The van der Waals surface area contributed by atoms with E-state index in [2.05, 4.69) is 10.6 Å². The van der Waals surface area contributed by atoms with Gasteiger partial charge in [0.05, 0.1) is 18.4 Å². The van der Waals surface area contributed by atoms with Crippen molar-refractivity contribution in [1.29, 1.82) is 0 Å². The van der Waals surface area contributed by atoms with Gasteiger partial charge in [-0.25, -0.2) is 0 Å². The summed E-state index contributed by atoms with van der Waals surface area (Å²) in [6, 6.07) is 0. The van der Waals surface area contributed by atoms with Crippen LogP contribution in [0.1, 0.15) is 26.2 Å². The molecule has 0 radical (unpaired) electrons. The monoisotopic (exact) mass is 258 g/mol. The van der Waals surface area contributed by atoms with Crippen molar-refractivity contribution >= 4 is 11.9 Å². The van der Waals surface area contributed by atoms with Gasteiger partial charge in [-0.2, -0.15) is 0 Å². The summed E-state index contributed by atoms with van der Waals surface area (Å²) in [6.07, 6.45) is 1.35. The Labute approximate surface area is 107 Å². The number of nitrogens with one attached hydrogen (secondary N) is 2. The Morgan fingerprint density at radius 3 is 2.89 bits per heavy atom. The fourth-order valence-electron chi connectivity index (χ4n) is 2.05. The highest BCUT2D eigenvalue weighted by Crippen LogP contribution is 2.09. The molecule has 0 saturated carbocycles. The minimum atomic E-state index is -0.915. The average Bonchev–Trinajstić information content (AvgIpc) is 2.36. The lowest BCUT2D eigenvalue weighted by Crippen LogP contribution is -2.43. The smallest absolute Gasteiger partial charge is 0.306 e. The number of rotatable bonds is 7. The van der Waals surface area contributed by atoms with Crippen LogP contribution in [0.5, 0.6) is 0 Å². The maximum Gasteiger partial charge on any atom is 0.306 e. The molecule has 1 heterocycles. The van der Waals surface area contributed by atoms with E-state index in [1.807, 2.05) is 6.92 Å². The first kappa shape index (κ1) is 14.9. The highest BCUT2D eigenvalue weighted by molar-refractivity contribution is 5.79. The van der Waals surface area contributed by atoms with E-state index in [1.54, 1.807) is 0 Å². The molecule has 104 valence electrons. The number of hydrogen-bond acceptors (Lipinski definition) is 4. The Morgan fingerprint density at radius 2 is 2.33 bits per heavy atom. The maximum absolute atomic E-state index is 11.8. The molecule has 1 aliphatic heterocycles. The number of hydrogen-bond donors (Lipinski definition) is 3. The number of aliphatic carboxylic acids is 1. The summed E-state index contributed by atoms with van der Waals surface area (Å²) >= 11 is 0. The van der Waals surface area contributed by atoms with Crippen LogP contribution in [-0.4, -0.2) is 49.3 Å². The lowest BCUT2D eigenvalue weighted by atomic mass is 9.99. The average molecular weight is 258 g/mol. The second kappa shape index (κ2) is 8.05. The van der Waals surface area contributed by atoms with Crippen LogP contribution in [0.25, 0.3) is 0 Å². The Bertz CT molecular complexity index is 277. The molecule has 0 aliphatic carbocycles. The summed E-state index contributed by atoms with van der Waals surface area (Å²) in [4.78, 5) is 22.5. The normalized spacial score (nSPS) is 21.3. The zero-order valence-corrected chi connectivity index (χ0v) is 10.8. The highest BCUT2D eigenvalue weighted by atomic mass is 16.5. The predicted molar refractivity (Wildman–Crippen MR) is 66.3 cm³/mol. The molecule has 1 rings (SSSR count). The van der Waals surface area contributed by atoms with Crippen LogP contribution in [0, 0.1) is 5.92 Å². The summed E-state index contributed by atoms with van der Waals surface area (Å²) in [6.45, 7) is 4.17. The number of ether oxygens (including phenoxy) is 1. The van der Waals surface area contributed by atoms with Gasteiger partial charge < -0.3 is 20.5 Å². The number of carboxylic acid groups (broad SMARTS) is 1. The van der Waals surface area contributed by atoms with E-state index < -0.39 is 12.1 Å². The lowest BCUT2D eigenvalue weighted by molar-refractivity contribution is -0.140. The molecule has 0 aromatic rings. The van der Waals surface area contributed by atoms with Crippen LogP contribution in [0.4, 0.5) is 0 Å². The van der Waals surface area contributed by atoms with Crippen LogP contribution < -0.4 is 10.6 Å². The van der Waals surface area contributed by atoms with Gasteiger partial charge in [-0.3, -0.25) is 9.59 Å². The largest absolute Gasteiger partial charge is 0.481 e. The van der Waals surface area contributed by atoms with Gasteiger partial charge in [-0.15, -0.1) is 0 Å². The molecule has 2 atom stereocenters. The summed E-state index contributed by atoms with van der Waals surface area (Å²) in [5, 5.41) is 14.7. The van der Waals surface area contributed by atoms with Gasteiger partial charge in [-0.1, -0.05) is 0 Å². The van der Waals surface area contributed by atoms with Crippen molar-refractivity contribution in [3.63, 3.8) is 0 Å². The SMILES string of the molecule is CCOC(CNC(=O)[C@@H]1CCCNC1)CC(=O)O. The Balaban J connectivity index is 2.31. The lowest BCUT2D eigenvalue weighted by Gasteiger charge is -2.23. The first-order valence-electron chi connectivity index (χ1n) is 6.45. The molecule has 1 amide bonds. The van der Waals surface area contributed by atoms with E-state index in [-0.39, 0.29) is 24.8 Å². The van der Waals surface area contributed by atoms with Crippen LogP contribution in [0.15, 0.2) is 0 Å². The van der Waals surface area contributed by atoms with E-state index in [9.17, 15) is 9.59 Å². The Kier molecular flexibility index (Phi) is 6.67. The minimum Gasteiger partial charge on any atom is -0.481 e. The standard InChI is InChI=1S/C12H22N2O4/c1-2-18-10(6-11(15)16)8-14-12(17)9-4-3-5-13-7-9/h9-10,13H,2-8H2,1H3,(H,14,17)(H,15,16)/t9-,10?/m1/s1. The van der Waals surface area contributed by atoms with Crippen molar-refractivity contribution in [2.45, 2.75) is 32.3 Å². The second-order valence-electron chi connectivity index (χ2n) is 4.46. The quantitative estimate of drug-likeness (QED) is 0.597. The van der Waals surface area contributed by atoms with Gasteiger partial charge in [0.15, 0.2) is 0 Å². The van der Waals surface area contributed by atoms with Gasteiger partial charge in [0.25, 0.3) is 0 Å². The summed E-state index contributed by atoms with van der Waals surface area (Å²) < 4.78 is 5.28. The molecule has 1 aliphatic rings. The molecule has 0 aromatic carbocycles. The molecule has 0 bridgehead atoms. The van der Waals surface area contributed by atoms with E-state index in [4.69, 9.17) is 9.84 Å². The number of amides is 1. The van der Waals surface area contributed by atoms with Gasteiger partial charge >= 0.3 is 5.97 Å². The topological polar surface area (TPSA) is 87.7 Å². The predicted octanol–water partition coefficient (Wildman–Crippen LogP) is -0.0180. The van der Waals surface area contributed by atoms with E-state index in [0.29, 0.717) is 13.2 Å². The molecular formula is C12H22N2O4. The van der Waals surface area contributed by atoms with Crippen molar-refractivity contribution < 1.29 is 19.4 Å². The number of carboxylic acids is 1. The highest BCUT2D eigenvalue weighted by Gasteiger charge is 2.22. The maximum atomic E-state index is 11.8. The summed E-state index contributed by atoms with van der Waals surface area (Å²) in [5.74, 6) is -0.940. The van der Waals surface area contributed by atoms with Gasteiger partial charge in [0, 0.05) is 19.7 Å². The van der Waals surface area contributed by atoms with Gasteiger partial charge in [0.2, 0.25) is 5.91 Å². The molecule has 18 heavy (non-hydrogen) atoms. The molecule has 0 aromatic heterocycles. The summed E-state index contributed by atoms with van der Waals surface area (Å²) in [7, 11) is 0. The number of carbonyl (C=O) groups is 2. The molecule has 6 nitrogen and oxygen atoms in total. The molecule has 1 unspecified atom stereocenters. The molecule has 1 fully saturated rings. The first-order valence-corrected chi connectivity index (χ1v) is 6.45. The van der Waals surface area contributed by atoms with Crippen molar-refractivity contribution in [2.24, 2.45) is 5.92 Å². The Hall–Kier alpha value is -1.14. The zero-order valence-electron chi connectivity index (χ0n) is 10.8. The van der Waals surface area contributed by atoms with Crippen molar-refractivity contribution in [3.05, 3.63) is 0 Å². The fourth-order valence-corrected chi connectivity index (χ4v) is 2.05. The van der Waals surface area contributed by atoms with Crippen molar-refractivity contribution in [2.75, 3.05) is 26.2 Å². The van der Waals surface area contributed by atoms with Crippen LogP contribution in [0.2, 0.25) is 0 Å². The minimum absolute atomic E-state index is 0.00847. The molecule has 6 heteroatoms. The third-order valence-electron chi connectivity index (χ3n) is 2.98. The first-order chi connectivity index (χ1) is 8.63. The molecule has 1 saturated heterocycles. The zero-order chi connectivity index (χ0) is 13.4. The van der Waals surface area contributed by atoms with Crippen LogP contribution >= 0.6 is 0 Å². The van der Waals surface area contributed by atoms with E-state index >= 15 is 0 Å². The fraction of sp³-hybridized carbons (Fsp3) is 0.833. The van der Waals surface area contributed by atoms with Gasteiger partial charge in [0.1, 0.15) is 0 Å². The third kappa shape index (κ3) is 5.46. The Morgan fingerprint density at radius 1 is 1.56 bits per heavy atom.